The molecule has 0 saturated heterocycles. The Morgan fingerprint density at radius 1 is 1.50 bits per heavy atom. The topological polar surface area (TPSA) is 38.3 Å². The Morgan fingerprint density at radius 2 is 2.31 bits per heavy atom. The molecule has 90 valence electrons. The lowest BCUT2D eigenvalue weighted by Gasteiger charge is -2.04. The number of methoxy groups -OCH3 is 1. The van der Waals surface area contributed by atoms with Crippen molar-refractivity contribution in [3.63, 3.8) is 0 Å². The van der Waals surface area contributed by atoms with Crippen LogP contribution in [-0.2, 0) is 0 Å². The average Bonchev–Trinajstić information content (AvgIpc) is 2.76. The summed E-state index contributed by atoms with van der Waals surface area (Å²) in [4.78, 5) is 12.4. The summed E-state index contributed by atoms with van der Waals surface area (Å²) < 4.78 is 6.28. The number of ether oxygens (including phenoxy) is 1. The molecule has 1 aromatic heterocycles. The van der Waals surface area contributed by atoms with E-state index in [4.69, 9.17) is 4.74 Å². The molecule has 0 unspecified atom stereocenters. The molecule has 1 amide bonds. The number of carbonyl (C=O) groups is 1. The van der Waals surface area contributed by atoms with Crippen LogP contribution in [0.15, 0.2) is 11.4 Å². The third-order valence-corrected chi connectivity index (χ3v) is 3.81. The number of carbonyl (C=O) groups excluding carboxylic acids is 1. The summed E-state index contributed by atoms with van der Waals surface area (Å²) in [6, 6.07) is 1.82. The van der Waals surface area contributed by atoms with Crippen molar-refractivity contribution in [3.05, 3.63) is 16.3 Å². The van der Waals surface area contributed by atoms with Crippen molar-refractivity contribution >= 4 is 39.8 Å². The Hall–Kier alpha value is -0.300. The zero-order chi connectivity index (χ0) is 11.8. The number of amides is 1. The van der Waals surface area contributed by atoms with Crippen LogP contribution in [0.1, 0.15) is 28.9 Å². The molecule has 0 aliphatic carbocycles. The van der Waals surface area contributed by atoms with Gasteiger partial charge in [0.05, 0.1) is 7.11 Å². The van der Waals surface area contributed by atoms with Crippen molar-refractivity contribution < 1.29 is 9.53 Å². The van der Waals surface area contributed by atoms with Crippen molar-refractivity contribution in [2.75, 3.05) is 18.1 Å². The lowest BCUT2D eigenvalue weighted by Crippen LogP contribution is -2.23. The number of thiophene rings is 1. The Kier molecular flexibility index (Phi) is 6.79. The van der Waals surface area contributed by atoms with Gasteiger partial charge in [0, 0.05) is 6.54 Å². The number of unbranched alkanes of at least 4 members (excludes halogenated alkanes) is 2. The maximum Gasteiger partial charge on any atom is 0.265 e. The molecule has 1 aromatic rings. The fourth-order valence-corrected chi connectivity index (χ4v) is 2.62. The number of nitrogens with one attached hydrogen (secondary N) is 1. The van der Waals surface area contributed by atoms with Gasteiger partial charge in [-0.3, -0.25) is 4.79 Å². The molecule has 0 spiro atoms. The van der Waals surface area contributed by atoms with Crippen LogP contribution in [0.2, 0.25) is 0 Å². The van der Waals surface area contributed by atoms with Crippen molar-refractivity contribution in [2.24, 2.45) is 0 Å². The number of halogens is 1. The van der Waals surface area contributed by atoms with E-state index in [9.17, 15) is 4.79 Å². The minimum atomic E-state index is -0.0266. The van der Waals surface area contributed by atoms with Crippen molar-refractivity contribution in [2.45, 2.75) is 19.3 Å². The van der Waals surface area contributed by atoms with Gasteiger partial charge in [-0.2, -0.15) is 0 Å². The first-order valence-electron chi connectivity index (χ1n) is 5.25. The molecule has 1 rings (SSSR count). The summed E-state index contributed by atoms with van der Waals surface area (Å²) in [5.41, 5.74) is 0. The summed E-state index contributed by atoms with van der Waals surface area (Å²) in [6.07, 6.45) is 3.44. The van der Waals surface area contributed by atoms with Crippen molar-refractivity contribution in [1.29, 1.82) is 0 Å². The first-order valence-corrected chi connectivity index (χ1v) is 7.65. The minimum absolute atomic E-state index is 0.0266. The van der Waals surface area contributed by atoms with Crippen LogP contribution in [0.3, 0.4) is 0 Å². The Labute approximate surface area is 114 Å². The zero-order valence-corrected chi connectivity index (χ0v) is 12.3. The van der Waals surface area contributed by atoms with Crippen LogP contribution in [0, 0.1) is 0 Å². The van der Waals surface area contributed by atoms with Crippen LogP contribution in [0.4, 0.5) is 0 Å². The standard InChI is InChI=1S/C11H16INO2S/c1-15-9-5-8-16-10(9)11(14)13-7-4-2-3-6-12/h5,8H,2-4,6-7H2,1H3,(H,13,14). The van der Waals surface area contributed by atoms with E-state index < -0.39 is 0 Å². The van der Waals surface area contributed by atoms with E-state index in [-0.39, 0.29) is 5.91 Å². The predicted octanol–water partition coefficient (Wildman–Crippen LogP) is 3.09. The lowest BCUT2D eigenvalue weighted by molar-refractivity contribution is 0.0954. The normalized spacial score (nSPS) is 10.1. The highest BCUT2D eigenvalue weighted by molar-refractivity contribution is 14.1. The lowest BCUT2D eigenvalue weighted by atomic mass is 10.2. The van der Waals surface area contributed by atoms with E-state index in [0.717, 1.165) is 13.0 Å². The third-order valence-electron chi connectivity index (χ3n) is 2.15. The summed E-state index contributed by atoms with van der Waals surface area (Å²) in [6.45, 7) is 0.747. The molecule has 0 aliphatic rings. The highest BCUT2D eigenvalue weighted by Crippen LogP contribution is 2.23. The SMILES string of the molecule is COc1ccsc1C(=O)NCCCCCI. The van der Waals surface area contributed by atoms with Crippen LogP contribution < -0.4 is 10.1 Å². The predicted molar refractivity (Wildman–Crippen MR) is 75.9 cm³/mol. The van der Waals surface area contributed by atoms with E-state index in [2.05, 4.69) is 27.9 Å². The molecular weight excluding hydrogens is 337 g/mol. The zero-order valence-electron chi connectivity index (χ0n) is 9.29. The van der Waals surface area contributed by atoms with Gasteiger partial charge in [-0.25, -0.2) is 0 Å². The summed E-state index contributed by atoms with van der Waals surface area (Å²) in [7, 11) is 1.58. The second kappa shape index (κ2) is 7.89. The molecule has 0 aliphatic heterocycles. The fraction of sp³-hybridized carbons (Fsp3) is 0.545. The summed E-state index contributed by atoms with van der Waals surface area (Å²) >= 11 is 3.78. The molecule has 3 nitrogen and oxygen atoms in total. The molecule has 0 fully saturated rings. The fourth-order valence-electron chi connectivity index (χ4n) is 1.30. The Bertz CT molecular complexity index is 328. The van der Waals surface area contributed by atoms with Gasteiger partial charge in [-0.1, -0.05) is 29.0 Å². The number of alkyl halides is 1. The van der Waals surface area contributed by atoms with Gasteiger partial charge < -0.3 is 10.1 Å². The van der Waals surface area contributed by atoms with E-state index >= 15 is 0 Å². The van der Waals surface area contributed by atoms with Gasteiger partial charge in [0.1, 0.15) is 10.6 Å². The first-order chi connectivity index (χ1) is 7.79. The van der Waals surface area contributed by atoms with Crippen molar-refractivity contribution in [3.8, 4) is 5.75 Å². The van der Waals surface area contributed by atoms with Crippen LogP contribution in [-0.4, -0.2) is 24.0 Å². The maximum absolute atomic E-state index is 11.7. The number of rotatable bonds is 7. The molecule has 1 N–H and O–H groups in total. The van der Waals surface area contributed by atoms with E-state index in [0.29, 0.717) is 10.6 Å². The molecule has 0 atom stereocenters. The van der Waals surface area contributed by atoms with E-state index in [1.807, 2.05) is 11.4 Å². The number of hydrogen-bond acceptors (Lipinski definition) is 3. The van der Waals surface area contributed by atoms with Gasteiger partial charge in [-0.15, -0.1) is 11.3 Å². The first kappa shape index (κ1) is 13.8. The second-order valence-electron chi connectivity index (χ2n) is 3.32. The molecule has 0 radical (unpaired) electrons. The summed E-state index contributed by atoms with van der Waals surface area (Å²) in [5, 5.41) is 4.77. The van der Waals surface area contributed by atoms with E-state index in [1.54, 1.807) is 7.11 Å². The molecule has 0 saturated carbocycles. The second-order valence-corrected chi connectivity index (χ2v) is 5.32. The van der Waals surface area contributed by atoms with Gasteiger partial charge in [-0.05, 0) is 28.7 Å². The van der Waals surface area contributed by atoms with Gasteiger partial charge in [0.2, 0.25) is 0 Å². The van der Waals surface area contributed by atoms with Crippen LogP contribution in [0.25, 0.3) is 0 Å². The summed E-state index contributed by atoms with van der Waals surface area (Å²) in [5.74, 6) is 0.635. The molecule has 0 bridgehead atoms. The monoisotopic (exact) mass is 353 g/mol. The van der Waals surface area contributed by atoms with Gasteiger partial charge >= 0.3 is 0 Å². The molecule has 5 heteroatoms. The van der Waals surface area contributed by atoms with Gasteiger partial charge in [0.25, 0.3) is 5.91 Å². The van der Waals surface area contributed by atoms with E-state index in [1.165, 1.54) is 28.6 Å². The highest BCUT2D eigenvalue weighted by Gasteiger charge is 2.12. The Morgan fingerprint density at radius 3 is 3.00 bits per heavy atom. The molecule has 1 heterocycles. The molecule has 0 aromatic carbocycles. The third kappa shape index (κ3) is 4.29. The molecule has 16 heavy (non-hydrogen) atoms. The maximum atomic E-state index is 11.7. The minimum Gasteiger partial charge on any atom is -0.495 e. The largest absolute Gasteiger partial charge is 0.495 e. The van der Waals surface area contributed by atoms with Crippen LogP contribution in [0.5, 0.6) is 5.75 Å². The van der Waals surface area contributed by atoms with Gasteiger partial charge in [0.15, 0.2) is 0 Å². The average molecular weight is 353 g/mol. The number of hydrogen-bond donors (Lipinski definition) is 1. The van der Waals surface area contributed by atoms with Crippen LogP contribution >= 0.6 is 33.9 Å². The quantitative estimate of drug-likeness (QED) is 0.465. The smallest absolute Gasteiger partial charge is 0.265 e. The highest BCUT2D eigenvalue weighted by atomic mass is 127. The van der Waals surface area contributed by atoms with Crippen molar-refractivity contribution in [1.82, 2.24) is 5.32 Å². The Balaban J connectivity index is 2.30. The molecular formula is C11H16INO2S.